The number of benzene rings is 1. The van der Waals surface area contributed by atoms with Crippen molar-refractivity contribution in [3.8, 4) is 0 Å². The minimum atomic E-state index is -0.301. The van der Waals surface area contributed by atoms with Crippen LogP contribution in [0, 0.1) is 11.8 Å². The molecule has 5 heteroatoms. The molecule has 3 aliphatic rings. The predicted octanol–water partition coefficient (Wildman–Crippen LogP) is 1.54. The summed E-state index contributed by atoms with van der Waals surface area (Å²) in [6.07, 6.45) is 5.41. The van der Waals surface area contributed by atoms with Crippen molar-refractivity contribution in [2.75, 3.05) is 25.4 Å². The number of fused-ring (bicyclic) bond motifs is 1. The lowest BCUT2D eigenvalue weighted by molar-refractivity contribution is -0.136. The van der Waals surface area contributed by atoms with Crippen molar-refractivity contribution >= 4 is 17.4 Å². The molecule has 1 amide bonds. The van der Waals surface area contributed by atoms with E-state index in [4.69, 9.17) is 5.73 Å². The lowest BCUT2D eigenvalue weighted by Gasteiger charge is -2.24. The first-order chi connectivity index (χ1) is 12.1. The van der Waals surface area contributed by atoms with E-state index in [-0.39, 0.29) is 23.7 Å². The molecule has 1 aromatic rings. The molecule has 25 heavy (non-hydrogen) atoms. The van der Waals surface area contributed by atoms with Crippen LogP contribution in [0.5, 0.6) is 0 Å². The van der Waals surface area contributed by atoms with Gasteiger partial charge in [-0.1, -0.05) is 6.07 Å². The zero-order chi connectivity index (χ0) is 17.4. The van der Waals surface area contributed by atoms with E-state index in [1.807, 2.05) is 17.0 Å². The number of nitrogens with zero attached hydrogens (tertiary/aromatic N) is 1. The zero-order valence-electron chi connectivity index (χ0n) is 14.7. The molecule has 0 spiro atoms. The topological polar surface area (TPSA) is 75.4 Å². The molecule has 134 valence electrons. The summed E-state index contributed by atoms with van der Waals surface area (Å²) < 4.78 is 0. The molecule has 4 rings (SSSR count). The van der Waals surface area contributed by atoms with Gasteiger partial charge in [-0.15, -0.1) is 0 Å². The molecule has 3 atom stereocenters. The molecule has 3 N–H and O–H groups in total. The third kappa shape index (κ3) is 3.30. The molecule has 2 heterocycles. The van der Waals surface area contributed by atoms with Crippen LogP contribution in [0.25, 0.3) is 0 Å². The molecule has 1 aromatic carbocycles. The predicted molar refractivity (Wildman–Crippen MR) is 97.1 cm³/mol. The van der Waals surface area contributed by atoms with Crippen LogP contribution in [-0.4, -0.2) is 42.3 Å². The number of nitrogens with two attached hydrogens (primary N) is 1. The van der Waals surface area contributed by atoms with Crippen LogP contribution in [0.15, 0.2) is 18.2 Å². The highest BCUT2D eigenvalue weighted by Crippen LogP contribution is 2.32. The minimum absolute atomic E-state index is 0.135. The fourth-order valence-corrected chi connectivity index (χ4v) is 4.75. The third-order valence-electron chi connectivity index (χ3n) is 6.06. The van der Waals surface area contributed by atoms with Crippen molar-refractivity contribution in [1.29, 1.82) is 0 Å². The summed E-state index contributed by atoms with van der Waals surface area (Å²) in [5.41, 5.74) is 9.27. The molecule has 2 unspecified atom stereocenters. The Hall–Kier alpha value is -1.88. The van der Waals surface area contributed by atoms with Gasteiger partial charge in [0.2, 0.25) is 5.91 Å². The average Bonchev–Trinajstić information content (AvgIpc) is 3.33. The Kier molecular flexibility index (Phi) is 4.50. The van der Waals surface area contributed by atoms with Crippen molar-refractivity contribution in [2.24, 2.45) is 11.8 Å². The van der Waals surface area contributed by atoms with Crippen molar-refractivity contribution in [3.05, 3.63) is 29.3 Å². The summed E-state index contributed by atoms with van der Waals surface area (Å²) in [5.74, 6) is 0.596. The van der Waals surface area contributed by atoms with E-state index in [1.165, 1.54) is 11.1 Å². The van der Waals surface area contributed by atoms with Crippen LogP contribution in [0.1, 0.15) is 36.8 Å². The molecule has 0 saturated carbocycles. The fraction of sp³-hybridized carbons (Fsp3) is 0.600. The Morgan fingerprint density at radius 2 is 1.92 bits per heavy atom. The lowest BCUT2D eigenvalue weighted by Crippen LogP contribution is -2.47. The van der Waals surface area contributed by atoms with E-state index in [2.05, 4.69) is 11.4 Å². The first-order valence-electron chi connectivity index (χ1n) is 9.54. The van der Waals surface area contributed by atoms with Gasteiger partial charge in [-0.25, -0.2) is 0 Å². The van der Waals surface area contributed by atoms with Crippen LogP contribution in [0.2, 0.25) is 0 Å². The Morgan fingerprint density at radius 3 is 2.72 bits per heavy atom. The first kappa shape index (κ1) is 16.6. The molecule has 2 saturated heterocycles. The van der Waals surface area contributed by atoms with Crippen LogP contribution < -0.4 is 11.1 Å². The van der Waals surface area contributed by atoms with E-state index in [0.717, 1.165) is 57.4 Å². The smallest absolute Gasteiger partial charge is 0.240 e. The van der Waals surface area contributed by atoms with Gasteiger partial charge in [0.15, 0.2) is 0 Å². The quantitative estimate of drug-likeness (QED) is 0.815. The first-order valence-corrected chi connectivity index (χ1v) is 9.54. The van der Waals surface area contributed by atoms with Gasteiger partial charge >= 0.3 is 0 Å². The van der Waals surface area contributed by atoms with Crippen molar-refractivity contribution < 1.29 is 9.59 Å². The second kappa shape index (κ2) is 6.79. The molecule has 0 aromatic heterocycles. The average molecular weight is 341 g/mol. The van der Waals surface area contributed by atoms with Gasteiger partial charge < -0.3 is 16.0 Å². The maximum Gasteiger partial charge on any atom is 0.240 e. The number of hydrogen-bond acceptors (Lipinski definition) is 4. The van der Waals surface area contributed by atoms with Crippen LogP contribution in [0.3, 0.4) is 0 Å². The molecule has 2 fully saturated rings. The van der Waals surface area contributed by atoms with Crippen molar-refractivity contribution in [3.63, 3.8) is 0 Å². The van der Waals surface area contributed by atoms with E-state index in [1.54, 1.807) is 0 Å². The van der Waals surface area contributed by atoms with E-state index >= 15 is 0 Å². The summed E-state index contributed by atoms with van der Waals surface area (Å²) in [6, 6.07) is 5.77. The van der Waals surface area contributed by atoms with Gasteiger partial charge in [-0.3, -0.25) is 9.59 Å². The van der Waals surface area contributed by atoms with Gasteiger partial charge in [-0.2, -0.15) is 0 Å². The van der Waals surface area contributed by atoms with E-state index in [9.17, 15) is 9.59 Å². The monoisotopic (exact) mass is 341 g/mol. The van der Waals surface area contributed by atoms with E-state index in [0.29, 0.717) is 12.3 Å². The van der Waals surface area contributed by atoms with E-state index < -0.39 is 0 Å². The standard InChI is InChI=1S/C20H27N3O2/c21-16-4-3-14-9-13(10-15(14)12-16)11-18(24)17-5-6-22-19(17)20(25)23-7-1-2-8-23/h3-4,12-13,17,19,22H,1-2,5-11,21H2/t13?,17?,19-/m1/s1. The number of anilines is 1. The zero-order valence-corrected chi connectivity index (χ0v) is 14.7. The number of ketones is 1. The fourth-order valence-electron chi connectivity index (χ4n) is 4.75. The third-order valence-corrected chi connectivity index (χ3v) is 6.06. The van der Waals surface area contributed by atoms with Gasteiger partial charge in [-0.05, 0) is 67.8 Å². The summed E-state index contributed by atoms with van der Waals surface area (Å²) >= 11 is 0. The van der Waals surface area contributed by atoms with Crippen LogP contribution >= 0.6 is 0 Å². The molecule has 2 aliphatic heterocycles. The maximum absolute atomic E-state index is 12.9. The number of carbonyl (C=O) groups excluding carboxylic acids is 2. The van der Waals surface area contributed by atoms with Crippen LogP contribution in [0.4, 0.5) is 5.69 Å². The summed E-state index contributed by atoms with van der Waals surface area (Å²) in [5, 5.41) is 3.29. The van der Waals surface area contributed by atoms with Gasteiger partial charge in [0.25, 0.3) is 0 Å². The van der Waals surface area contributed by atoms with Crippen LogP contribution in [-0.2, 0) is 22.4 Å². The number of nitrogen functional groups attached to an aromatic ring is 1. The summed E-state index contributed by atoms with van der Waals surface area (Å²) in [7, 11) is 0. The number of nitrogens with one attached hydrogen (secondary N) is 1. The number of rotatable bonds is 4. The highest BCUT2D eigenvalue weighted by atomic mass is 16.2. The number of likely N-dealkylation sites (tertiary alicyclic amines) is 1. The molecular weight excluding hydrogens is 314 g/mol. The Morgan fingerprint density at radius 1 is 1.16 bits per heavy atom. The number of carbonyl (C=O) groups is 2. The van der Waals surface area contributed by atoms with Crippen molar-refractivity contribution in [2.45, 2.75) is 44.6 Å². The molecule has 0 radical (unpaired) electrons. The number of hydrogen-bond donors (Lipinski definition) is 2. The second-order valence-corrected chi connectivity index (χ2v) is 7.83. The highest BCUT2D eigenvalue weighted by Gasteiger charge is 2.40. The Bertz CT molecular complexity index is 682. The Labute approximate surface area is 148 Å². The van der Waals surface area contributed by atoms with Gasteiger partial charge in [0.1, 0.15) is 5.78 Å². The molecule has 0 bridgehead atoms. The molecule has 5 nitrogen and oxygen atoms in total. The SMILES string of the molecule is Nc1ccc2c(c1)CC(CC(=O)C1CCN[C@H]1C(=O)N1CCCC1)C2. The van der Waals surface area contributed by atoms with Gasteiger partial charge in [0, 0.05) is 31.1 Å². The lowest BCUT2D eigenvalue weighted by atomic mass is 9.87. The highest BCUT2D eigenvalue weighted by molar-refractivity contribution is 5.92. The maximum atomic E-state index is 12.9. The number of amides is 1. The molecular formula is C20H27N3O2. The normalized spacial score (nSPS) is 28.3. The second-order valence-electron chi connectivity index (χ2n) is 7.83. The van der Waals surface area contributed by atoms with Gasteiger partial charge in [0.05, 0.1) is 6.04 Å². The van der Waals surface area contributed by atoms with Crippen molar-refractivity contribution in [1.82, 2.24) is 10.2 Å². The number of Topliss-reactive ketones (excluding diaryl/α,β-unsaturated/α-hetero) is 1. The minimum Gasteiger partial charge on any atom is -0.399 e. The summed E-state index contributed by atoms with van der Waals surface area (Å²) in [4.78, 5) is 27.6. The largest absolute Gasteiger partial charge is 0.399 e. The Balaban J connectivity index is 1.38. The summed E-state index contributed by atoms with van der Waals surface area (Å²) in [6.45, 7) is 2.45. The molecule has 1 aliphatic carbocycles.